The first kappa shape index (κ1) is 29.3. The summed E-state index contributed by atoms with van der Waals surface area (Å²) in [6.45, 7) is 2.24. The van der Waals surface area contributed by atoms with Gasteiger partial charge in [0.2, 0.25) is 10.0 Å². The number of esters is 1. The van der Waals surface area contributed by atoms with Crippen molar-refractivity contribution in [2.75, 3.05) is 27.4 Å². The van der Waals surface area contributed by atoms with Crippen molar-refractivity contribution in [3.63, 3.8) is 0 Å². The smallest absolute Gasteiger partial charge is 0.340 e. The van der Waals surface area contributed by atoms with Crippen LogP contribution in [0.2, 0.25) is 5.02 Å². The Kier molecular flexibility index (Phi) is 9.26. The average Bonchev–Trinajstić information content (AvgIpc) is 3.48. The third kappa shape index (κ3) is 6.37. The first-order valence-electron chi connectivity index (χ1n) is 12.4. The summed E-state index contributed by atoms with van der Waals surface area (Å²) < 4.78 is 44.5. The molecule has 0 fully saturated rings. The lowest BCUT2D eigenvalue weighted by Gasteiger charge is -2.21. The van der Waals surface area contributed by atoms with E-state index in [1.165, 1.54) is 53.8 Å². The molecule has 0 unspecified atom stereocenters. The summed E-state index contributed by atoms with van der Waals surface area (Å²) in [6, 6.07) is 18.4. The van der Waals surface area contributed by atoms with Crippen LogP contribution in [0.25, 0.3) is 6.08 Å². The fourth-order valence-electron chi connectivity index (χ4n) is 4.32. The fourth-order valence-corrected chi connectivity index (χ4v) is 5.84. The van der Waals surface area contributed by atoms with Crippen molar-refractivity contribution >= 4 is 39.6 Å². The van der Waals surface area contributed by atoms with Crippen LogP contribution in [-0.2, 0) is 42.2 Å². The Morgan fingerprint density at radius 3 is 2.38 bits per heavy atom. The van der Waals surface area contributed by atoms with E-state index in [4.69, 9.17) is 25.5 Å². The Bertz CT molecular complexity index is 1540. The molecule has 1 aliphatic heterocycles. The van der Waals surface area contributed by atoms with Gasteiger partial charge >= 0.3 is 5.97 Å². The molecular weight excluding hydrogens is 556 g/mol. The van der Waals surface area contributed by atoms with E-state index in [9.17, 15) is 18.0 Å². The number of sulfonamides is 1. The van der Waals surface area contributed by atoms with Gasteiger partial charge in [0, 0.05) is 30.9 Å². The number of methoxy groups -OCH3 is 2. The van der Waals surface area contributed by atoms with Gasteiger partial charge < -0.3 is 18.8 Å². The van der Waals surface area contributed by atoms with Gasteiger partial charge in [-0.1, -0.05) is 41.9 Å². The summed E-state index contributed by atoms with van der Waals surface area (Å²) in [5, 5.41) is 0.426. The molecule has 2 aromatic carbocycles. The summed E-state index contributed by atoms with van der Waals surface area (Å²) in [5.74, 6) is -0.400. The molecule has 3 aromatic rings. The molecule has 210 valence electrons. The molecular formula is C29H29ClN2O7S. The highest BCUT2D eigenvalue weighted by Gasteiger charge is 2.37. The minimum absolute atomic E-state index is 0.0737. The zero-order chi connectivity index (χ0) is 28.9. The number of allylic oxidation sites excluding steroid dienone is 1. The van der Waals surface area contributed by atoms with Crippen molar-refractivity contribution in [3.8, 4) is 0 Å². The first-order valence-corrected chi connectivity index (χ1v) is 14.2. The van der Waals surface area contributed by atoms with Crippen LogP contribution in [0.4, 0.5) is 0 Å². The van der Waals surface area contributed by atoms with Gasteiger partial charge in [0.05, 0.1) is 36.3 Å². The summed E-state index contributed by atoms with van der Waals surface area (Å²) >= 11 is 5.97. The molecule has 1 aliphatic rings. The minimum Gasteiger partial charge on any atom is -0.465 e. The molecule has 4 rings (SSSR count). The third-order valence-electron chi connectivity index (χ3n) is 6.37. The highest BCUT2D eigenvalue weighted by Crippen LogP contribution is 2.32. The van der Waals surface area contributed by atoms with Crippen molar-refractivity contribution in [1.82, 2.24) is 9.21 Å². The predicted octanol–water partition coefficient (Wildman–Crippen LogP) is 4.64. The molecule has 1 amide bonds. The molecule has 0 saturated heterocycles. The van der Waals surface area contributed by atoms with E-state index in [2.05, 4.69) is 0 Å². The van der Waals surface area contributed by atoms with Gasteiger partial charge in [0.15, 0.2) is 0 Å². The van der Waals surface area contributed by atoms with Crippen LogP contribution in [0.3, 0.4) is 0 Å². The number of nitrogens with zero attached hydrogens (tertiary/aromatic N) is 2. The number of rotatable bonds is 11. The number of benzene rings is 2. The van der Waals surface area contributed by atoms with Gasteiger partial charge in [-0.3, -0.25) is 4.79 Å². The number of hydrogen-bond donors (Lipinski definition) is 0. The highest BCUT2D eigenvalue weighted by molar-refractivity contribution is 7.89. The van der Waals surface area contributed by atoms with Crippen LogP contribution in [-0.4, -0.2) is 56.9 Å². The summed E-state index contributed by atoms with van der Waals surface area (Å²) in [4.78, 5) is 27.3. The van der Waals surface area contributed by atoms with Gasteiger partial charge in [-0.15, -0.1) is 0 Å². The molecule has 0 N–H and O–H groups in total. The quantitative estimate of drug-likeness (QED) is 0.239. The zero-order valence-electron chi connectivity index (χ0n) is 22.3. The van der Waals surface area contributed by atoms with Crippen molar-refractivity contribution in [3.05, 3.63) is 106 Å². The number of hydrogen-bond acceptors (Lipinski definition) is 7. The maximum absolute atomic E-state index is 13.6. The molecule has 1 aromatic heterocycles. The number of carbonyl (C=O) groups is 2. The van der Waals surface area contributed by atoms with Gasteiger partial charge in [0.25, 0.3) is 5.91 Å². The number of ether oxygens (including phenoxy) is 2. The van der Waals surface area contributed by atoms with Gasteiger partial charge in [-0.05, 0) is 55.0 Å². The highest BCUT2D eigenvalue weighted by atomic mass is 35.5. The predicted molar refractivity (Wildman–Crippen MR) is 149 cm³/mol. The van der Waals surface area contributed by atoms with Crippen molar-refractivity contribution in [1.29, 1.82) is 0 Å². The van der Waals surface area contributed by atoms with E-state index in [-0.39, 0.29) is 54.0 Å². The summed E-state index contributed by atoms with van der Waals surface area (Å²) in [6.07, 6.45) is 1.46. The Morgan fingerprint density at radius 2 is 1.73 bits per heavy atom. The van der Waals surface area contributed by atoms with E-state index >= 15 is 0 Å². The van der Waals surface area contributed by atoms with Crippen molar-refractivity contribution in [2.24, 2.45) is 0 Å². The van der Waals surface area contributed by atoms with E-state index in [0.29, 0.717) is 16.5 Å². The van der Waals surface area contributed by atoms with E-state index in [0.717, 1.165) is 5.56 Å². The Hall–Kier alpha value is -3.70. The Labute approximate surface area is 238 Å². The van der Waals surface area contributed by atoms with Crippen LogP contribution in [0.15, 0.2) is 92.9 Å². The molecule has 0 aliphatic carbocycles. The third-order valence-corrected chi connectivity index (χ3v) is 8.43. The normalized spacial score (nSPS) is 15.0. The number of furan rings is 1. The van der Waals surface area contributed by atoms with Crippen LogP contribution in [0, 0.1) is 0 Å². The Balaban J connectivity index is 1.65. The summed E-state index contributed by atoms with van der Waals surface area (Å²) in [5.41, 5.74) is 1.51. The lowest BCUT2D eigenvalue weighted by molar-refractivity contribution is -0.136. The van der Waals surface area contributed by atoms with Gasteiger partial charge in [0.1, 0.15) is 11.5 Å². The molecule has 11 heteroatoms. The second-order valence-corrected chi connectivity index (χ2v) is 11.4. The second kappa shape index (κ2) is 12.6. The minimum atomic E-state index is -3.92. The van der Waals surface area contributed by atoms with Crippen LogP contribution < -0.4 is 0 Å². The van der Waals surface area contributed by atoms with Crippen LogP contribution in [0.5, 0.6) is 0 Å². The van der Waals surface area contributed by atoms with Crippen molar-refractivity contribution < 1.29 is 31.9 Å². The lowest BCUT2D eigenvalue weighted by atomic mass is 10.1. The monoisotopic (exact) mass is 584 g/mol. The molecule has 0 radical (unpaired) electrons. The Morgan fingerprint density at radius 1 is 1.02 bits per heavy atom. The summed E-state index contributed by atoms with van der Waals surface area (Å²) in [7, 11) is -1.15. The molecule has 0 spiro atoms. The molecule has 0 atom stereocenters. The largest absolute Gasteiger partial charge is 0.465 e. The standard InChI is InChI=1S/C29H29ClN2O7S/c1-20-27(29(34)38-3)26(28(33)32(20)15-16-37-2)17-23-11-12-24(39-23)19-31(18-21-7-5-4-6-8-21)40(35,36)25-13-9-22(30)10-14-25/h4-14,17H,15-16,18-19H2,1-3H3/b26-17+. The number of halogens is 1. The maximum Gasteiger partial charge on any atom is 0.340 e. The van der Waals surface area contributed by atoms with Crippen molar-refractivity contribution in [2.45, 2.75) is 24.9 Å². The molecule has 0 saturated carbocycles. The van der Waals surface area contributed by atoms with Gasteiger partial charge in [-0.25, -0.2) is 13.2 Å². The molecule has 0 bridgehead atoms. The van der Waals surface area contributed by atoms with E-state index in [1.54, 1.807) is 19.1 Å². The average molecular weight is 585 g/mol. The maximum atomic E-state index is 13.6. The molecule has 2 heterocycles. The van der Waals surface area contributed by atoms with Gasteiger partial charge in [-0.2, -0.15) is 4.31 Å². The zero-order valence-corrected chi connectivity index (χ0v) is 23.9. The number of amides is 1. The molecule has 40 heavy (non-hydrogen) atoms. The second-order valence-electron chi connectivity index (χ2n) is 8.98. The first-order chi connectivity index (χ1) is 19.1. The van der Waals surface area contributed by atoms with E-state index < -0.39 is 16.0 Å². The topological polar surface area (TPSA) is 106 Å². The fraction of sp³-hybridized carbons (Fsp3) is 0.241. The number of carbonyl (C=O) groups excluding carboxylic acids is 2. The van der Waals surface area contributed by atoms with Crippen LogP contribution in [0.1, 0.15) is 24.0 Å². The molecule has 9 nitrogen and oxygen atoms in total. The lowest BCUT2D eigenvalue weighted by Crippen LogP contribution is -2.30. The van der Waals surface area contributed by atoms with E-state index in [1.807, 2.05) is 30.3 Å². The SMILES string of the molecule is COCCN1C(=O)/C(=C/c2ccc(CN(Cc3ccccc3)S(=O)(=O)c3ccc(Cl)cc3)o2)C(C(=O)OC)=C1C. The van der Waals surface area contributed by atoms with Crippen LogP contribution >= 0.6 is 11.6 Å².